The number of carboxylic acids is 1. The monoisotopic (exact) mass is 343 g/mol. The lowest BCUT2D eigenvalue weighted by atomic mass is 9.79. The lowest BCUT2D eigenvalue weighted by Crippen LogP contribution is -2.30. The molecule has 0 radical (unpaired) electrons. The van der Waals surface area contributed by atoms with Crippen molar-refractivity contribution in [2.45, 2.75) is 31.5 Å². The average molecular weight is 343 g/mol. The van der Waals surface area contributed by atoms with E-state index in [4.69, 9.17) is 9.94 Å². The Morgan fingerprint density at radius 3 is 2.80 bits per heavy atom. The van der Waals surface area contributed by atoms with E-state index in [0.29, 0.717) is 12.8 Å². The second kappa shape index (κ2) is 7.70. The molecule has 0 bridgehead atoms. The van der Waals surface area contributed by atoms with Crippen LogP contribution in [0.25, 0.3) is 0 Å². The summed E-state index contributed by atoms with van der Waals surface area (Å²) in [4.78, 5) is 15.6. The van der Waals surface area contributed by atoms with Crippen LogP contribution in [0.15, 0.2) is 41.6 Å². The Morgan fingerprint density at radius 2 is 2.08 bits per heavy atom. The van der Waals surface area contributed by atoms with Crippen molar-refractivity contribution in [3.05, 3.63) is 47.2 Å². The molecule has 4 unspecified atom stereocenters. The van der Waals surface area contributed by atoms with E-state index in [9.17, 15) is 15.0 Å². The SMILES string of the molecule is O=C(O)CCONC1=C2CC(O)C(C#CC(O)c3ccccc3)C2C1. The minimum absolute atomic E-state index is 0.0624. The zero-order valence-corrected chi connectivity index (χ0v) is 13.7. The van der Waals surface area contributed by atoms with Gasteiger partial charge in [-0.05, 0) is 24.0 Å². The summed E-state index contributed by atoms with van der Waals surface area (Å²) >= 11 is 0. The van der Waals surface area contributed by atoms with Crippen molar-refractivity contribution in [3.8, 4) is 11.8 Å². The highest BCUT2D eigenvalue weighted by Gasteiger charge is 2.45. The molecule has 0 amide bonds. The number of carboxylic acid groups (broad SMARTS) is 1. The van der Waals surface area contributed by atoms with Crippen LogP contribution in [0.1, 0.15) is 30.9 Å². The molecule has 1 saturated carbocycles. The summed E-state index contributed by atoms with van der Waals surface area (Å²) in [5, 5.41) is 28.9. The van der Waals surface area contributed by atoms with Gasteiger partial charge in [-0.15, -0.1) is 0 Å². The number of benzene rings is 1. The highest BCUT2D eigenvalue weighted by Crippen LogP contribution is 2.48. The van der Waals surface area contributed by atoms with Crippen LogP contribution in [0.2, 0.25) is 0 Å². The summed E-state index contributed by atoms with van der Waals surface area (Å²) in [7, 11) is 0. The zero-order valence-electron chi connectivity index (χ0n) is 13.7. The molecule has 132 valence electrons. The third-order valence-electron chi connectivity index (χ3n) is 4.65. The number of aliphatic carboxylic acids is 1. The number of hydroxylamine groups is 1. The van der Waals surface area contributed by atoms with E-state index >= 15 is 0 Å². The predicted molar refractivity (Wildman–Crippen MR) is 89.8 cm³/mol. The summed E-state index contributed by atoms with van der Waals surface area (Å²) in [6, 6.07) is 9.20. The normalized spacial score (nSPS) is 25.4. The Kier molecular flexibility index (Phi) is 5.39. The molecular weight excluding hydrogens is 322 g/mol. The second-order valence-corrected chi connectivity index (χ2v) is 6.31. The first-order chi connectivity index (χ1) is 12.1. The number of carbonyl (C=O) groups is 1. The molecule has 0 saturated heterocycles. The van der Waals surface area contributed by atoms with Crippen molar-refractivity contribution in [1.29, 1.82) is 0 Å². The number of fused-ring (bicyclic) bond motifs is 1. The number of hydrogen-bond acceptors (Lipinski definition) is 5. The quantitative estimate of drug-likeness (QED) is 0.354. The van der Waals surface area contributed by atoms with Gasteiger partial charge in [0.2, 0.25) is 0 Å². The average Bonchev–Trinajstić information content (AvgIpc) is 2.84. The first-order valence-electron chi connectivity index (χ1n) is 8.30. The molecule has 3 rings (SSSR count). The molecule has 6 nitrogen and oxygen atoms in total. The van der Waals surface area contributed by atoms with Gasteiger partial charge in [0.1, 0.15) is 6.10 Å². The predicted octanol–water partition coefficient (Wildman–Crippen LogP) is 1.37. The molecule has 4 atom stereocenters. The fraction of sp³-hybridized carbons (Fsp3) is 0.421. The van der Waals surface area contributed by atoms with Crippen LogP contribution in [0.5, 0.6) is 0 Å². The van der Waals surface area contributed by atoms with E-state index in [2.05, 4.69) is 17.3 Å². The van der Waals surface area contributed by atoms with Crippen molar-refractivity contribution in [2.24, 2.45) is 11.8 Å². The molecule has 0 spiro atoms. The molecule has 1 aromatic carbocycles. The molecule has 0 heterocycles. The number of allylic oxidation sites excluding steroid dienone is 1. The van der Waals surface area contributed by atoms with Crippen molar-refractivity contribution in [1.82, 2.24) is 5.48 Å². The van der Waals surface area contributed by atoms with E-state index < -0.39 is 18.2 Å². The molecular formula is C19H21NO5. The van der Waals surface area contributed by atoms with Crippen LogP contribution in [0.3, 0.4) is 0 Å². The van der Waals surface area contributed by atoms with E-state index in [0.717, 1.165) is 16.8 Å². The standard InChI is InChI=1S/C19H21NO5/c21-17(12-4-2-1-3-5-12)7-6-13-14-10-16(15(14)11-18(13)22)20-25-9-8-19(23)24/h1-5,13-14,17-18,20-22H,8-11H2,(H,23,24). The molecule has 4 N–H and O–H groups in total. The van der Waals surface area contributed by atoms with Gasteiger partial charge in [-0.25, -0.2) is 0 Å². The topological polar surface area (TPSA) is 99.0 Å². The fourth-order valence-electron chi connectivity index (χ4n) is 3.28. The molecule has 1 fully saturated rings. The maximum atomic E-state index is 10.4. The maximum absolute atomic E-state index is 10.4. The number of hydrogen-bond donors (Lipinski definition) is 4. The Labute approximate surface area is 146 Å². The molecule has 6 heteroatoms. The van der Waals surface area contributed by atoms with Crippen molar-refractivity contribution in [3.63, 3.8) is 0 Å². The zero-order chi connectivity index (χ0) is 17.8. The molecule has 25 heavy (non-hydrogen) atoms. The van der Waals surface area contributed by atoms with E-state index in [1.54, 1.807) is 0 Å². The highest BCUT2D eigenvalue weighted by molar-refractivity contribution is 5.66. The summed E-state index contributed by atoms with van der Waals surface area (Å²) in [6.45, 7) is 0.0891. The first-order valence-corrected chi connectivity index (χ1v) is 8.30. The maximum Gasteiger partial charge on any atom is 0.305 e. The third kappa shape index (κ3) is 4.02. The van der Waals surface area contributed by atoms with E-state index in [1.807, 2.05) is 30.3 Å². The number of rotatable bonds is 6. The Morgan fingerprint density at radius 1 is 1.32 bits per heavy atom. The van der Waals surface area contributed by atoms with Crippen LogP contribution in [0, 0.1) is 23.7 Å². The van der Waals surface area contributed by atoms with Gasteiger partial charge in [-0.3, -0.25) is 15.1 Å². The minimum atomic E-state index is -0.908. The van der Waals surface area contributed by atoms with Crippen LogP contribution in [-0.4, -0.2) is 34.0 Å². The smallest absolute Gasteiger partial charge is 0.305 e. The van der Waals surface area contributed by atoms with Crippen LogP contribution < -0.4 is 5.48 Å². The molecule has 1 aromatic rings. The minimum Gasteiger partial charge on any atom is -0.481 e. The lowest BCUT2D eigenvalue weighted by Gasteiger charge is -2.30. The lowest BCUT2D eigenvalue weighted by molar-refractivity contribution is -0.138. The van der Waals surface area contributed by atoms with E-state index in [1.165, 1.54) is 0 Å². The molecule has 2 aliphatic rings. The van der Waals surface area contributed by atoms with Gasteiger partial charge in [-0.1, -0.05) is 42.2 Å². The largest absolute Gasteiger partial charge is 0.481 e. The summed E-state index contributed by atoms with van der Waals surface area (Å²) in [5.74, 6) is 4.93. The fourth-order valence-corrected chi connectivity index (χ4v) is 3.28. The Balaban J connectivity index is 1.57. The first kappa shape index (κ1) is 17.5. The molecule has 0 aromatic heterocycles. The van der Waals surface area contributed by atoms with Crippen LogP contribution >= 0.6 is 0 Å². The molecule has 2 aliphatic carbocycles. The van der Waals surface area contributed by atoms with Gasteiger partial charge in [-0.2, -0.15) is 0 Å². The van der Waals surface area contributed by atoms with Crippen molar-refractivity contribution >= 4 is 5.97 Å². The van der Waals surface area contributed by atoms with E-state index in [-0.39, 0.29) is 24.9 Å². The summed E-state index contributed by atoms with van der Waals surface area (Å²) < 4.78 is 0. The van der Waals surface area contributed by atoms with Crippen molar-refractivity contribution in [2.75, 3.05) is 6.61 Å². The van der Waals surface area contributed by atoms with Crippen LogP contribution in [0.4, 0.5) is 0 Å². The van der Waals surface area contributed by atoms with Crippen molar-refractivity contribution < 1.29 is 25.0 Å². The Bertz CT molecular complexity index is 718. The van der Waals surface area contributed by atoms with Gasteiger partial charge in [0, 0.05) is 11.6 Å². The number of nitrogens with one attached hydrogen (secondary N) is 1. The number of aliphatic hydroxyl groups is 2. The van der Waals surface area contributed by atoms with Gasteiger partial charge in [0.25, 0.3) is 0 Å². The number of aliphatic hydroxyl groups excluding tert-OH is 2. The Hall–Kier alpha value is -2.33. The third-order valence-corrected chi connectivity index (χ3v) is 4.65. The molecule has 0 aliphatic heterocycles. The van der Waals surface area contributed by atoms with Gasteiger partial charge < -0.3 is 15.3 Å². The van der Waals surface area contributed by atoms with Crippen LogP contribution in [-0.2, 0) is 9.63 Å². The summed E-state index contributed by atoms with van der Waals surface area (Å²) in [6.07, 6.45) is -0.254. The second-order valence-electron chi connectivity index (χ2n) is 6.31. The van der Waals surface area contributed by atoms with Gasteiger partial charge in [0.05, 0.1) is 25.0 Å². The van der Waals surface area contributed by atoms with Gasteiger partial charge >= 0.3 is 5.97 Å². The highest BCUT2D eigenvalue weighted by atomic mass is 16.6. The van der Waals surface area contributed by atoms with Gasteiger partial charge in [0.15, 0.2) is 0 Å². The summed E-state index contributed by atoms with van der Waals surface area (Å²) in [5.41, 5.74) is 5.51.